The van der Waals surface area contributed by atoms with Crippen molar-refractivity contribution < 1.29 is 9.53 Å². The summed E-state index contributed by atoms with van der Waals surface area (Å²) < 4.78 is 4.93. The van der Waals surface area contributed by atoms with E-state index in [0.29, 0.717) is 12.6 Å². The second-order valence-corrected chi connectivity index (χ2v) is 5.76. The molecule has 4 nitrogen and oxygen atoms in total. The Morgan fingerprint density at radius 3 is 2.50 bits per heavy atom. The van der Waals surface area contributed by atoms with Gasteiger partial charge in [0.05, 0.1) is 6.61 Å². The number of fused-ring (bicyclic) bond motifs is 2. The monoisotopic (exact) mass is 254 g/mol. The predicted molar refractivity (Wildman–Crippen MR) is 71.2 cm³/mol. The molecular weight excluding hydrogens is 228 g/mol. The van der Waals surface area contributed by atoms with Crippen molar-refractivity contribution in [3.05, 3.63) is 0 Å². The molecule has 2 rings (SSSR count). The van der Waals surface area contributed by atoms with Gasteiger partial charge >= 0.3 is 5.97 Å². The maximum absolute atomic E-state index is 10.6. The number of carbonyl (C=O) groups is 1. The number of rotatable bonds is 6. The van der Waals surface area contributed by atoms with Crippen molar-refractivity contribution >= 4 is 5.97 Å². The molecular formula is C14H26N2O2. The number of nitrogens with zero attached hydrogens (tertiary/aromatic N) is 1. The summed E-state index contributed by atoms with van der Waals surface area (Å²) in [5.41, 5.74) is 6.07. The van der Waals surface area contributed by atoms with Gasteiger partial charge in [0, 0.05) is 25.0 Å². The third kappa shape index (κ3) is 3.69. The molecule has 0 saturated carbocycles. The molecule has 0 aromatic rings. The smallest absolute Gasteiger partial charge is 0.302 e. The first-order valence-electron chi connectivity index (χ1n) is 7.31. The van der Waals surface area contributed by atoms with E-state index in [9.17, 15) is 4.79 Å². The van der Waals surface area contributed by atoms with E-state index in [1.165, 1.54) is 45.6 Å². The first kappa shape index (κ1) is 13.8. The highest BCUT2D eigenvalue weighted by Gasteiger charge is 2.38. The van der Waals surface area contributed by atoms with E-state index in [1.54, 1.807) is 0 Å². The quantitative estimate of drug-likeness (QED) is 0.579. The van der Waals surface area contributed by atoms with Crippen LogP contribution in [-0.2, 0) is 9.53 Å². The van der Waals surface area contributed by atoms with Crippen LogP contribution in [0.15, 0.2) is 0 Å². The van der Waals surface area contributed by atoms with Gasteiger partial charge in [-0.05, 0) is 51.5 Å². The fraction of sp³-hybridized carbons (Fsp3) is 0.929. The standard InChI is InChI=1S/C14H26N2O2/c1-11(17)18-8-4-2-3-7-16-13-5-6-14(16)10-12(15)9-13/h12-14H,2-10,15H2,1H3/t12-,13+,14-. The second-order valence-electron chi connectivity index (χ2n) is 5.76. The van der Waals surface area contributed by atoms with E-state index in [-0.39, 0.29) is 5.97 Å². The van der Waals surface area contributed by atoms with Gasteiger partial charge in [0.1, 0.15) is 0 Å². The average Bonchev–Trinajstić information content (AvgIpc) is 2.56. The minimum Gasteiger partial charge on any atom is -0.466 e. The maximum atomic E-state index is 10.6. The fourth-order valence-electron chi connectivity index (χ4n) is 3.47. The van der Waals surface area contributed by atoms with Crippen LogP contribution >= 0.6 is 0 Å². The summed E-state index contributed by atoms with van der Waals surface area (Å²) in [6.07, 6.45) is 8.40. The molecule has 2 aliphatic rings. The highest BCUT2D eigenvalue weighted by atomic mass is 16.5. The lowest BCUT2D eigenvalue weighted by atomic mass is 9.98. The molecule has 2 bridgehead atoms. The van der Waals surface area contributed by atoms with Crippen LogP contribution in [-0.4, -0.2) is 42.1 Å². The van der Waals surface area contributed by atoms with Crippen LogP contribution < -0.4 is 5.73 Å². The number of hydrogen-bond acceptors (Lipinski definition) is 4. The molecule has 0 amide bonds. The minimum atomic E-state index is -0.168. The summed E-state index contributed by atoms with van der Waals surface area (Å²) in [6, 6.07) is 1.92. The van der Waals surface area contributed by atoms with Crippen LogP contribution in [0, 0.1) is 0 Å². The van der Waals surface area contributed by atoms with Crippen molar-refractivity contribution in [1.82, 2.24) is 4.90 Å². The van der Waals surface area contributed by atoms with Crippen molar-refractivity contribution in [2.45, 2.75) is 70.0 Å². The van der Waals surface area contributed by atoms with Gasteiger partial charge in [0.2, 0.25) is 0 Å². The Morgan fingerprint density at radius 2 is 1.89 bits per heavy atom. The predicted octanol–water partition coefficient (Wildman–Crippen LogP) is 1.67. The van der Waals surface area contributed by atoms with Crippen LogP contribution in [0.4, 0.5) is 0 Å². The Balaban J connectivity index is 1.58. The van der Waals surface area contributed by atoms with E-state index < -0.39 is 0 Å². The summed E-state index contributed by atoms with van der Waals surface area (Å²) in [7, 11) is 0. The van der Waals surface area contributed by atoms with Gasteiger partial charge in [-0.2, -0.15) is 0 Å². The highest BCUT2D eigenvalue weighted by Crippen LogP contribution is 2.35. The number of piperidine rings is 1. The van der Waals surface area contributed by atoms with Crippen LogP contribution in [0.5, 0.6) is 0 Å². The lowest BCUT2D eigenvalue weighted by Gasteiger charge is -2.37. The van der Waals surface area contributed by atoms with Crippen molar-refractivity contribution in [3.63, 3.8) is 0 Å². The van der Waals surface area contributed by atoms with Gasteiger partial charge < -0.3 is 10.5 Å². The Kier molecular flexibility index (Phi) is 5.01. The van der Waals surface area contributed by atoms with Crippen molar-refractivity contribution in [3.8, 4) is 0 Å². The molecule has 0 spiro atoms. The third-order valence-corrected chi connectivity index (χ3v) is 4.29. The maximum Gasteiger partial charge on any atom is 0.302 e. The molecule has 104 valence electrons. The van der Waals surface area contributed by atoms with Gasteiger partial charge in [-0.1, -0.05) is 0 Å². The van der Waals surface area contributed by atoms with Crippen molar-refractivity contribution in [2.24, 2.45) is 5.73 Å². The zero-order valence-corrected chi connectivity index (χ0v) is 11.4. The lowest BCUT2D eigenvalue weighted by Crippen LogP contribution is -2.47. The SMILES string of the molecule is CC(=O)OCCCCCN1[C@@H]2CC[C@H]1C[C@@H](N)C2. The Morgan fingerprint density at radius 1 is 1.22 bits per heavy atom. The molecule has 2 fully saturated rings. The van der Waals surface area contributed by atoms with Gasteiger partial charge in [-0.15, -0.1) is 0 Å². The molecule has 3 atom stereocenters. The summed E-state index contributed by atoms with van der Waals surface area (Å²) in [5.74, 6) is -0.168. The summed E-state index contributed by atoms with van der Waals surface area (Å²) in [5, 5.41) is 0. The van der Waals surface area contributed by atoms with Crippen LogP contribution in [0.2, 0.25) is 0 Å². The normalized spacial score (nSPS) is 31.6. The number of carbonyl (C=O) groups excluding carboxylic acids is 1. The molecule has 2 N–H and O–H groups in total. The van der Waals surface area contributed by atoms with E-state index >= 15 is 0 Å². The first-order chi connectivity index (χ1) is 8.66. The zero-order chi connectivity index (χ0) is 13.0. The lowest BCUT2D eigenvalue weighted by molar-refractivity contribution is -0.141. The van der Waals surface area contributed by atoms with E-state index in [4.69, 9.17) is 10.5 Å². The Labute approximate surface area is 110 Å². The molecule has 2 heterocycles. The van der Waals surface area contributed by atoms with E-state index in [2.05, 4.69) is 4.90 Å². The second kappa shape index (κ2) is 6.53. The number of nitrogens with two attached hydrogens (primary N) is 1. The molecule has 4 heteroatoms. The summed E-state index contributed by atoms with van der Waals surface area (Å²) >= 11 is 0. The van der Waals surface area contributed by atoms with E-state index in [1.807, 2.05) is 0 Å². The summed E-state index contributed by atoms with van der Waals surface area (Å²) in [4.78, 5) is 13.3. The Hall–Kier alpha value is -0.610. The molecule has 18 heavy (non-hydrogen) atoms. The van der Waals surface area contributed by atoms with E-state index in [0.717, 1.165) is 24.9 Å². The zero-order valence-electron chi connectivity index (χ0n) is 11.4. The molecule has 2 saturated heterocycles. The van der Waals surface area contributed by atoms with Gasteiger partial charge in [-0.3, -0.25) is 9.69 Å². The minimum absolute atomic E-state index is 0.168. The van der Waals surface area contributed by atoms with Crippen LogP contribution in [0.25, 0.3) is 0 Å². The molecule has 2 aliphatic heterocycles. The van der Waals surface area contributed by atoms with Gasteiger partial charge in [-0.25, -0.2) is 0 Å². The number of hydrogen-bond donors (Lipinski definition) is 1. The number of unbranched alkanes of at least 4 members (excludes halogenated alkanes) is 2. The molecule has 0 unspecified atom stereocenters. The van der Waals surface area contributed by atoms with Crippen LogP contribution in [0.1, 0.15) is 51.9 Å². The fourth-order valence-corrected chi connectivity index (χ4v) is 3.47. The van der Waals surface area contributed by atoms with Gasteiger partial charge in [0.15, 0.2) is 0 Å². The molecule has 0 aromatic carbocycles. The average molecular weight is 254 g/mol. The largest absolute Gasteiger partial charge is 0.466 e. The molecule has 0 aliphatic carbocycles. The topological polar surface area (TPSA) is 55.6 Å². The van der Waals surface area contributed by atoms with Crippen molar-refractivity contribution in [1.29, 1.82) is 0 Å². The third-order valence-electron chi connectivity index (χ3n) is 4.29. The number of ether oxygens (including phenoxy) is 1. The van der Waals surface area contributed by atoms with Crippen LogP contribution in [0.3, 0.4) is 0 Å². The molecule has 0 radical (unpaired) electrons. The first-order valence-corrected chi connectivity index (χ1v) is 7.31. The van der Waals surface area contributed by atoms with Crippen molar-refractivity contribution in [2.75, 3.05) is 13.2 Å². The highest BCUT2D eigenvalue weighted by molar-refractivity contribution is 5.65. The molecule has 0 aromatic heterocycles. The Bertz CT molecular complexity index is 269. The number of esters is 1. The van der Waals surface area contributed by atoms with Gasteiger partial charge in [0.25, 0.3) is 0 Å². The summed E-state index contributed by atoms with van der Waals surface area (Å²) in [6.45, 7) is 3.24.